The molecule has 0 saturated carbocycles. The Kier molecular flexibility index (Phi) is 5.74. The third-order valence-electron chi connectivity index (χ3n) is 4.90. The van der Waals surface area contributed by atoms with Gasteiger partial charge in [0.15, 0.2) is 0 Å². The fraction of sp³-hybridized carbons (Fsp3) is 0.174. The van der Waals surface area contributed by atoms with E-state index < -0.39 is 10.0 Å². The van der Waals surface area contributed by atoms with Crippen LogP contribution in [-0.4, -0.2) is 14.1 Å². The molecule has 0 aliphatic heterocycles. The van der Waals surface area contributed by atoms with Crippen molar-refractivity contribution >= 4 is 27.5 Å². The fourth-order valence-electron chi connectivity index (χ4n) is 3.28. The van der Waals surface area contributed by atoms with E-state index in [1.54, 1.807) is 36.0 Å². The topological polar surface area (TPSA) is 58.5 Å². The molecular formula is C23H22N2O2S2. The summed E-state index contributed by atoms with van der Waals surface area (Å²) in [5.74, 6) is 0.928. The predicted molar refractivity (Wildman–Crippen MR) is 119 cm³/mol. The van der Waals surface area contributed by atoms with Gasteiger partial charge in [-0.2, -0.15) is 18.4 Å². The summed E-state index contributed by atoms with van der Waals surface area (Å²) in [7, 11) is -3.66. The second-order valence-electron chi connectivity index (χ2n) is 7.06. The molecule has 3 aromatic rings. The van der Waals surface area contributed by atoms with Crippen LogP contribution < -0.4 is 4.83 Å². The SMILES string of the molecule is Cc1ccc(S(=O)(=O)N/N=C2\CCc3cc(SCc4ccccc4)ccc32)cc1. The number of hydrazone groups is 1. The van der Waals surface area contributed by atoms with Gasteiger partial charge in [-0.3, -0.25) is 0 Å². The molecular weight excluding hydrogens is 400 g/mol. The number of rotatable bonds is 6. The highest BCUT2D eigenvalue weighted by atomic mass is 32.2. The molecule has 0 bridgehead atoms. The van der Waals surface area contributed by atoms with Crippen LogP contribution in [0.1, 0.15) is 28.7 Å². The molecule has 0 amide bonds. The van der Waals surface area contributed by atoms with Crippen molar-refractivity contribution in [2.45, 2.75) is 35.3 Å². The Labute approximate surface area is 176 Å². The lowest BCUT2D eigenvalue weighted by atomic mass is 10.1. The Hall–Kier alpha value is -2.57. The molecule has 0 fully saturated rings. The summed E-state index contributed by atoms with van der Waals surface area (Å²) < 4.78 is 24.9. The van der Waals surface area contributed by atoms with E-state index in [1.165, 1.54) is 16.0 Å². The van der Waals surface area contributed by atoms with Gasteiger partial charge in [-0.15, -0.1) is 11.8 Å². The maximum absolute atomic E-state index is 12.5. The van der Waals surface area contributed by atoms with Crippen LogP contribution in [0, 0.1) is 6.92 Å². The van der Waals surface area contributed by atoms with Crippen LogP contribution in [-0.2, 0) is 22.2 Å². The number of hydrogen-bond acceptors (Lipinski definition) is 4. The molecule has 0 aromatic heterocycles. The zero-order valence-electron chi connectivity index (χ0n) is 16.1. The summed E-state index contributed by atoms with van der Waals surface area (Å²) in [6.45, 7) is 1.92. The van der Waals surface area contributed by atoms with Gasteiger partial charge in [0.1, 0.15) is 0 Å². The maximum atomic E-state index is 12.5. The second kappa shape index (κ2) is 8.43. The summed E-state index contributed by atoms with van der Waals surface area (Å²) in [5, 5.41) is 4.23. The molecule has 0 heterocycles. The molecule has 0 atom stereocenters. The fourth-order valence-corrected chi connectivity index (χ4v) is 5.02. The first-order valence-electron chi connectivity index (χ1n) is 9.46. The molecule has 6 heteroatoms. The van der Waals surface area contributed by atoms with Gasteiger partial charge in [-0.25, -0.2) is 0 Å². The van der Waals surface area contributed by atoms with E-state index in [0.29, 0.717) is 0 Å². The van der Waals surface area contributed by atoms with Crippen LogP contribution in [0.2, 0.25) is 0 Å². The standard InChI is InChI=1S/C23H22N2O2S2/c1-17-7-11-21(12-8-17)29(26,27)25-24-23-14-9-19-15-20(10-13-22(19)23)28-16-18-5-3-2-4-6-18/h2-8,10-13,15,25H,9,14,16H2,1H3/b24-23+. The Balaban J connectivity index is 1.46. The third-order valence-corrected chi connectivity index (χ3v) is 7.19. The highest BCUT2D eigenvalue weighted by Crippen LogP contribution is 2.29. The zero-order valence-corrected chi connectivity index (χ0v) is 17.8. The molecule has 4 rings (SSSR count). The quantitative estimate of drug-likeness (QED) is 0.453. The summed E-state index contributed by atoms with van der Waals surface area (Å²) >= 11 is 1.81. The van der Waals surface area contributed by atoms with Crippen molar-refractivity contribution < 1.29 is 8.42 Å². The van der Waals surface area contributed by atoms with Crippen molar-refractivity contribution in [1.29, 1.82) is 0 Å². The van der Waals surface area contributed by atoms with Gasteiger partial charge in [0.25, 0.3) is 10.0 Å². The number of benzene rings is 3. The lowest BCUT2D eigenvalue weighted by molar-refractivity contribution is 0.584. The first-order valence-corrected chi connectivity index (χ1v) is 11.9. The Morgan fingerprint density at radius 2 is 1.72 bits per heavy atom. The summed E-state index contributed by atoms with van der Waals surface area (Å²) in [6, 6.07) is 23.5. The molecule has 29 heavy (non-hydrogen) atoms. The number of hydrogen-bond donors (Lipinski definition) is 1. The van der Waals surface area contributed by atoms with Gasteiger partial charge in [-0.05, 0) is 55.2 Å². The minimum atomic E-state index is -3.66. The minimum absolute atomic E-state index is 0.221. The van der Waals surface area contributed by atoms with E-state index in [9.17, 15) is 8.42 Å². The van der Waals surface area contributed by atoms with Gasteiger partial charge < -0.3 is 0 Å². The number of nitrogens with one attached hydrogen (secondary N) is 1. The maximum Gasteiger partial charge on any atom is 0.276 e. The highest BCUT2D eigenvalue weighted by molar-refractivity contribution is 7.98. The third kappa shape index (κ3) is 4.71. The Morgan fingerprint density at radius 3 is 2.48 bits per heavy atom. The van der Waals surface area contributed by atoms with Crippen LogP contribution in [0.4, 0.5) is 0 Å². The van der Waals surface area contributed by atoms with E-state index in [2.05, 4.69) is 52.4 Å². The van der Waals surface area contributed by atoms with Crippen molar-refractivity contribution in [1.82, 2.24) is 4.83 Å². The first kappa shape index (κ1) is 19.7. The van der Waals surface area contributed by atoms with Crippen molar-refractivity contribution in [2.75, 3.05) is 0 Å². The van der Waals surface area contributed by atoms with Gasteiger partial charge in [-0.1, -0.05) is 54.1 Å². The van der Waals surface area contributed by atoms with Crippen molar-refractivity contribution in [3.63, 3.8) is 0 Å². The van der Waals surface area contributed by atoms with E-state index in [0.717, 1.165) is 35.4 Å². The molecule has 1 aliphatic carbocycles. The minimum Gasteiger partial charge on any atom is -0.200 e. The van der Waals surface area contributed by atoms with Crippen molar-refractivity contribution in [2.24, 2.45) is 5.10 Å². The van der Waals surface area contributed by atoms with Crippen LogP contribution in [0.15, 0.2) is 87.7 Å². The van der Waals surface area contributed by atoms with Crippen molar-refractivity contribution in [3.8, 4) is 0 Å². The average Bonchev–Trinajstić information content (AvgIpc) is 3.14. The number of sulfonamides is 1. The molecule has 1 N–H and O–H groups in total. The smallest absolute Gasteiger partial charge is 0.200 e. The average molecular weight is 423 g/mol. The monoisotopic (exact) mass is 422 g/mol. The first-order chi connectivity index (χ1) is 14.0. The summed E-state index contributed by atoms with van der Waals surface area (Å²) in [5.41, 5.74) is 5.35. The molecule has 0 spiro atoms. The van der Waals surface area contributed by atoms with E-state index in [4.69, 9.17) is 0 Å². The molecule has 0 unspecified atom stereocenters. The Bertz CT molecular complexity index is 1140. The predicted octanol–water partition coefficient (Wildman–Crippen LogP) is 4.92. The van der Waals surface area contributed by atoms with Crippen LogP contribution in [0.3, 0.4) is 0 Å². The number of aryl methyl sites for hydroxylation is 2. The normalized spacial score (nSPS) is 14.7. The lowest BCUT2D eigenvalue weighted by Gasteiger charge is -2.07. The molecule has 3 aromatic carbocycles. The Morgan fingerprint density at radius 1 is 0.966 bits per heavy atom. The van der Waals surface area contributed by atoms with E-state index >= 15 is 0 Å². The number of nitrogens with zero attached hydrogens (tertiary/aromatic N) is 1. The largest absolute Gasteiger partial charge is 0.276 e. The molecule has 0 radical (unpaired) electrons. The van der Waals surface area contributed by atoms with Gasteiger partial charge in [0.2, 0.25) is 0 Å². The lowest BCUT2D eigenvalue weighted by Crippen LogP contribution is -2.20. The summed E-state index contributed by atoms with van der Waals surface area (Å²) in [4.78, 5) is 3.83. The zero-order chi connectivity index (χ0) is 20.3. The van der Waals surface area contributed by atoms with Crippen LogP contribution in [0.25, 0.3) is 0 Å². The molecule has 1 aliphatic rings. The van der Waals surface area contributed by atoms with E-state index in [1.807, 2.05) is 13.0 Å². The molecule has 0 saturated heterocycles. The molecule has 148 valence electrons. The second-order valence-corrected chi connectivity index (χ2v) is 9.77. The van der Waals surface area contributed by atoms with Gasteiger partial charge in [0, 0.05) is 16.2 Å². The molecule has 4 nitrogen and oxygen atoms in total. The highest BCUT2D eigenvalue weighted by Gasteiger charge is 2.20. The van der Waals surface area contributed by atoms with Crippen LogP contribution >= 0.6 is 11.8 Å². The van der Waals surface area contributed by atoms with Crippen molar-refractivity contribution in [3.05, 3.63) is 95.1 Å². The van der Waals surface area contributed by atoms with Gasteiger partial charge in [0.05, 0.1) is 10.6 Å². The number of thioether (sulfide) groups is 1. The van der Waals surface area contributed by atoms with Crippen LogP contribution in [0.5, 0.6) is 0 Å². The number of fused-ring (bicyclic) bond motifs is 1. The summed E-state index contributed by atoms with van der Waals surface area (Å²) in [6.07, 6.45) is 1.61. The van der Waals surface area contributed by atoms with E-state index in [-0.39, 0.29) is 4.90 Å². The van der Waals surface area contributed by atoms with Gasteiger partial charge >= 0.3 is 0 Å².